The van der Waals surface area contributed by atoms with Crippen LogP contribution in [0.15, 0.2) is 28.7 Å². The summed E-state index contributed by atoms with van der Waals surface area (Å²) in [5.41, 5.74) is 3.52. The number of ether oxygens (including phenoxy) is 1. The Bertz CT molecular complexity index is 793. The molecule has 0 spiro atoms. The highest BCUT2D eigenvalue weighted by Crippen LogP contribution is 2.35. The molecule has 0 aromatic heterocycles. The Morgan fingerprint density at radius 2 is 1.92 bits per heavy atom. The van der Waals surface area contributed by atoms with E-state index in [0.717, 1.165) is 37.6 Å². The SMILES string of the molecule is Cc1cc(OCCCC(=O)Nc2cccc(Cl)c2C)c(Br)c(C)c1Cl. The molecule has 0 saturated heterocycles. The zero-order valence-electron chi connectivity index (χ0n) is 14.4. The molecule has 1 N–H and O–H groups in total. The van der Waals surface area contributed by atoms with E-state index in [1.165, 1.54) is 0 Å². The number of carbonyl (C=O) groups is 1. The molecule has 6 heteroatoms. The van der Waals surface area contributed by atoms with Gasteiger partial charge in [-0.2, -0.15) is 0 Å². The number of benzene rings is 2. The zero-order chi connectivity index (χ0) is 18.6. The van der Waals surface area contributed by atoms with Crippen LogP contribution in [0.25, 0.3) is 0 Å². The highest BCUT2D eigenvalue weighted by molar-refractivity contribution is 9.10. The topological polar surface area (TPSA) is 38.3 Å². The molecule has 3 nitrogen and oxygen atoms in total. The van der Waals surface area contributed by atoms with Crippen LogP contribution in [-0.4, -0.2) is 12.5 Å². The van der Waals surface area contributed by atoms with Gasteiger partial charge < -0.3 is 10.1 Å². The minimum absolute atomic E-state index is 0.0588. The van der Waals surface area contributed by atoms with Crippen LogP contribution in [0, 0.1) is 20.8 Å². The molecule has 0 aliphatic carbocycles. The van der Waals surface area contributed by atoms with Gasteiger partial charge in [0.25, 0.3) is 0 Å². The van der Waals surface area contributed by atoms with Crippen molar-refractivity contribution in [3.8, 4) is 5.75 Å². The summed E-state index contributed by atoms with van der Waals surface area (Å²) < 4.78 is 6.64. The van der Waals surface area contributed by atoms with Gasteiger partial charge in [-0.25, -0.2) is 0 Å². The number of halogens is 3. The number of hydrogen-bond donors (Lipinski definition) is 1. The molecule has 0 radical (unpaired) electrons. The molecule has 1 amide bonds. The Hall–Kier alpha value is -1.23. The quantitative estimate of drug-likeness (QED) is 0.517. The maximum absolute atomic E-state index is 12.1. The van der Waals surface area contributed by atoms with Gasteiger partial charge in [-0.05, 0) is 78.0 Å². The molecule has 2 rings (SSSR count). The van der Waals surface area contributed by atoms with Gasteiger partial charge in [-0.1, -0.05) is 29.3 Å². The van der Waals surface area contributed by atoms with Crippen molar-refractivity contribution in [2.75, 3.05) is 11.9 Å². The summed E-state index contributed by atoms with van der Waals surface area (Å²) in [5.74, 6) is 0.682. The largest absolute Gasteiger partial charge is 0.492 e. The number of aryl methyl sites for hydroxylation is 1. The number of nitrogens with one attached hydrogen (secondary N) is 1. The normalized spacial score (nSPS) is 10.6. The fourth-order valence-corrected chi connectivity index (χ4v) is 3.24. The van der Waals surface area contributed by atoms with Gasteiger partial charge in [0.05, 0.1) is 11.1 Å². The average Bonchev–Trinajstić information content (AvgIpc) is 2.58. The predicted molar refractivity (Wildman–Crippen MR) is 108 cm³/mol. The zero-order valence-corrected chi connectivity index (χ0v) is 17.5. The van der Waals surface area contributed by atoms with Crippen molar-refractivity contribution in [3.63, 3.8) is 0 Å². The smallest absolute Gasteiger partial charge is 0.224 e. The van der Waals surface area contributed by atoms with E-state index >= 15 is 0 Å². The van der Waals surface area contributed by atoms with E-state index in [2.05, 4.69) is 21.2 Å². The maximum Gasteiger partial charge on any atom is 0.224 e. The lowest BCUT2D eigenvalue weighted by Gasteiger charge is -2.13. The van der Waals surface area contributed by atoms with Crippen molar-refractivity contribution in [3.05, 3.63) is 55.5 Å². The third kappa shape index (κ3) is 5.13. The van der Waals surface area contributed by atoms with E-state index in [-0.39, 0.29) is 5.91 Å². The van der Waals surface area contributed by atoms with Gasteiger partial charge in [0.2, 0.25) is 5.91 Å². The summed E-state index contributed by atoms with van der Waals surface area (Å²) in [4.78, 5) is 12.1. The van der Waals surface area contributed by atoms with Crippen molar-refractivity contribution in [1.29, 1.82) is 0 Å². The molecule has 0 heterocycles. The van der Waals surface area contributed by atoms with Gasteiger partial charge in [-0.3, -0.25) is 4.79 Å². The summed E-state index contributed by atoms with van der Waals surface area (Å²) >= 11 is 15.8. The fourth-order valence-electron chi connectivity index (χ4n) is 2.38. The second-order valence-electron chi connectivity index (χ2n) is 5.86. The second kappa shape index (κ2) is 8.93. The Morgan fingerprint density at radius 1 is 1.20 bits per heavy atom. The molecule has 0 saturated carbocycles. The molecular weight excluding hydrogens is 425 g/mol. The Kier molecular flexibility index (Phi) is 7.17. The second-order valence-corrected chi connectivity index (χ2v) is 7.44. The standard InChI is InChI=1S/C19H20BrCl2NO2/c1-11-10-16(18(20)13(3)19(11)22)25-9-5-8-17(24)23-15-7-4-6-14(21)12(15)2/h4,6-7,10H,5,8-9H2,1-3H3,(H,23,24). The summed E-state index contributed by atoms with van der Waals surface area (Å²) in [6.07, 6.45) is 0.980. The predicted octanol–water partition coefficient (Wildman–Crippen LogP) is 6.48. The van der Waals surface area contributed by atoms with Crippen molar-refractivity contribution >= 4 is 50.7 Å². The minimum Gasteiger partial charge on any atom is -0.492 e. The molecule has 2 aromatic rings. The molecule has 2 aromatic carbocycles. The van der Waals surface area contributed by atoms with E-state index in [0.29, 0.717) is 24.5 Å². The van der Waals surface area contributed by atoms with E-state index in [4.69, 9.17) is 27.9 Å². The maximum atomic E-state index is 12.1. The Labute approximate surface area is 166 Å². The average molecular weight is 445 g/mol. The first-order valence-electron chi connectivity index (χ1n) is 7.94. The van der Waals surface area contributed by atoms with Gasteiger partial charge in [0.15, 0.2) is 0 Å². The van der Waals surface area contributed by atoms with E-state index < -0.39 is 0 Å². The third-order valence-electron chi connectivity index (χ3n) is 3.92. The first-order chi connectivity index (χ1) is 11.8. The summed E-state index contributed by atoms with van der Waals surface area (Å²) in [6.45, 7) is 6.20. The number of hydrogen-bond acceptors (Lipinski definition) is 2. The summed E-state index contributed by atoms with van der Waals surface area (Å²) in [6, 6.07) is 7.35. The molecule has 0 fully saturated rings. The van der Waals surface area contributed by atoms with Gasteiger partial charge in [-0.15, -0.1) is 0 Å². The molecular formula is C19H20BrCl2NO2. The molecule has 0 aliphatic rings. The Morgan fingerprint density at radius 3 is 2.64 bits per heavy atom. The molecule has 25 heavy (non-hydrogen) atoms. The van der Waals surface area contributed by atoms with Crippen molar-refractivity contribution in [2.24, 2.45) is 0 Å². The lowest BCUT2D eigenvalue weighted by Crippen LogP contribution is -2.13. The van der Waals surface area contributed by atoms with Gasteiger partial charge in [0, 0.05) is 22.2 Å². The highest BCUT2D eigenvalue weighted by atomic mass is 79.9. The fraction of sp³-hybridized carbons (Fsp3) is 0.316. The summed E-state index contributed by atoms with van der Waals surface area (Å²) in [5, 5.41) is 4.25. The monoisotopic (exact) mass is 443 g/mol. The highest BCUT2D eigenvalue weighted by Gasteiger charge is 2.11. The van der Waals surface area contributed by atoms with E-state index in [1.54, 1.807) is 6.07 Å². The molecule has 0 bridgehead atoms. The summed E-state index contributed by atoms with van der Waals surface area (Å²) in [7, 11) is 0. The molecule has 134 valence electrons. The van der Waals surface area contributed by atoms with Gasteiger partial charge in [0.1, 0.15) is 5.75 Å². The molecule has 0 unspecified atom stereocenters. The van der Waals surface area contributed by atoms with Crippen LogP contribution < -0.4 is 10.1 Å². The van der Waals surface area contributed by atoms with Crippen LogP contribution in [-0.2, 0) is 4.79 Å². The third-order valence-corrected chi connectivity index (χ3v) is 5.89. The number of rotatable bonds is 6. The lowest BCUT2D eigenvalue weighted by atomic mass is 10.1. The lowest BCUT2D eigenvalue weighted by molar-refractivity contribution is -0.116. The minimum atomic E-state index is -0.0588. The number of carbonyl (C=O) groups excluding carboxylic acids is 1. The van der Waals surface area contributed by atoms with Crippen molar-refractivity contribution in [1.82, 2.24) is 0 Å². The van der Waals surface area contributed by atoms with Crippen LogP contribution in [0.3, 0.4) is 0 Å². The Balaban J connectivity index is 1.85. The van der Waals surface area contributed by atoms with E-state index in [1.807, 2.05) is 39.0 Å². The van der Waals surface area contributed by atoms with Crippen LogP contribution in [0.2, 0.25) is 10.0 Å². The number of anilines is 1. The first-order valence-corrected chi connectivity index (χ1v) is 9.49. The number of amides is 1. The van der Waals surface area contributed by atoms with Crippen molar-refractivity contribution < 1.29 is 9.53 Å². The van der Waals surface area contributed by atoms with Crippen LogP contribution in [0.5, 0.6) is 5.75 Å². The van der Waals surface area contributed by atoms with Crippen LogP contribution in [0.1, 0.15) is 29.5 Å². The van der Waals surface area contributed by atoms with Crippen molar-refractivity contribution in [2.45, 2.75) is 33.6 Å². The first kappa shape index (κ1) is 20.1. The molecule has 0 atom stereocenters. The van der Waals surface area contributed by atoms with Gasteiger partial charge >= 0.3 is 0 Å². The molecule has 0 aliphatic heterocycles. The van der Waals surface area contributed by atoms with E-state index in [9.17, 15) is 4.79 Å². The van der Waals surface area contributed by atoms with Crippen LogP contribution in [0.4, 0.5) is 5.69 Å². The van der Waals surface area contributed by atoms with Crippen LogP contribution >= 0.6 is 39.1 Å².